The molecule has 21 heavy (non-hydrogen) atoms. The van der Waals surface area contributed by atoms with Gasteiger partial charge in [-0.3, -0.25) is 0 Å². The van der Waals surface area contributed by atoms with Gasteiger partial charge in [0, 0.05) is 5.02 Å². The lowest BCUT2D eigenvalue weighted by molar-refractivity contribution is 0.0697. The summed E-state index contributed by atoms with van der Waals surface area (Å²) < 4.78 is 1.77. The van der Waals surface area contributed by atoms with Crippen molar-refractivity contribution in [2.45, 2.75) is 13.0 Å². The highest BCUT2D eigenvalue weighted by Crippen LogP contribution is 2.23. The minimum atomic E-state index is -0.975. The second-order valence-electron chi connectivity index (χ2n) is 4.77. The Balaban J connectivity index is 2.04. The average Bonchev–Trinajstić information content (AvgIpc) is 2.90. The number of hydrogen-bond donors (Lipinski definition) is 1. The lowest BCUT2D eigenvalue weighted by Crippen LogP contribution is -2.08. The van der Waals surface area contributed by atoms with Crippen molar-refractivity contribution < 1.29 is 9.90 Å². The van der Waals surface area contributed by atoms with E-state index in [9.17, 15) is 4.79 Å². The number of carboxylic acid groups (broad SMARTS) is 1. The number of aromatic nitrogens is 3. The van der Waals surface area contributed by atoms with Gasteiger partial charge in [-0.15, -0.1) is 5.10 Å². The maximum Gasteiger partial charge on any atom is 0.335 e. The molecular weight excluding hydrogens is 290 g/mol. The van der Waals surface area contributed by atoms with Crippen LogP contribution in [0.4, 0.5) is 0 Å². The van der Waals surface area contributed by atoms with Crippen LogP contribution in [0.15, 0.2) is 42.5 Å². The molecule has 106 valence electrons. The summed E-state index contributed by atoms with van der Waals surface area (Å²) in [6, 6.07) is 12.3. The van der Waals surface area contributed by atoms with E-state index >= 15 is 0 Å². The predicted molar refractivity (Wildman–Crippen MR) is 79.8 cm³/mol. The highest BCUT2D eigenvalue weighted by Gasteiger charge is 2.14. The van der Waals surface area contributed by atoms with Crippen LogP contribution in [0.3, 0.4) is 0 Å². The van der Waals surface area contributed by atoms with Crippen molar-refractivity contribution in [3.05, 3.63) is 58.6 Å². The molecule has 0 spiro atoms. The molecule has 0 aliphatic heterocycles. The van der Waals surface area contributed by atoms with Crippen LogP contribution < -0.4 is 0 Å². The van der Waals surface area contributed by atoms with Crippen LogP contribution in [0, 0.1) is 0 Å². The van der Waals surface area contributed by atoms with E-state index in [1.807, 2.05) is 31.2 Å². The van der Waals surface area contributed by atoms with Crippen LogP contribution in [0.25, 0.3) is 11.0 Å². The SMILES string of the molecule is CC(c1ccc(Cl)cc1)n1nnc2cc(C(=O)O)ccc21. The van der Waals surface area contributed by atoms with Crippen LogP contribution >= 0.6 is 11.6 Å². The Labute approximate surface area is 125 Å². The predicted octanol–water partition coefficient (Wildman–Crippen LogP) is 3.39. The van der Waals surface area contributed by atoms with Crippen molar-refractivity contribution in [1.82, 2.24) is 15.0 Å². The molecule has 1 unspecified atom stereocenters. The number of aromatic carboxylic acids is 1. The molecule has 0 amide bonds. The van der Waals surface area contributed by atoms with Gasteiger partial charge in [-0.1, -0.05) is 28.9 Å². The van der Waals surface area contributed by atoms with Gasteiger partial charge in [0.2, 0.25) is 0 Å². The van der Waals surface area contributed by atoms with E-state index in [2.05, 4.69) is 10.3 Å². The zero-order valence-electron chi connectivity index (χ0n) is 11.2. The van der Waals surface area contributed by atoms with E-state index in [1.54, 1.807) is 16.8 Å². The van der Waals surface area contributed by atoms with E-state index < -0.39 is 5.97 Å². The molecule has 1 N–H and O–H groups in total. The molecule has 5 nitrogen and oxygen atoms in total. The second kappa shape index (κ2) is 5.18. The molecule has 1 atom stereocenters. The fourth-order valence-electron chi connectivity index (χ4n) is 2.24. The summed E-state index contributed by atoms with van der Waals surface area (Å²) in [5.74, 6) is -0.975. The molecule has 3 rings (SSSR count). The van der Waals surface area contributed by atoms with E-state index in [4.69, 9.17) is 16.7 Å². The zero-order chi connectivity index (χ0) is 15.0. The number of hydrogen-bond acceptors (Lipinski definition) is 3. The molecular formula is C15H12ClN3O2. The number of halogens is 1. The standard InChI is InChI=1S/C15H12ClN3O2/c1-9(10-2-5-12(16)6-3-10)19-14-7-4-11(15(20)21)8-13(14)17-18-19/h2-9H,1H3,(H,20,21). The molecule has 2 aromatic carbocycles. The Bertz CT molecular complexity index is 811. The third kappa shape index (κ3) is 2.48. The maximum atomic E-state index is 11.0. The summed E-state index contributed by atoms with van der Waals surface area (Å²) in [4.78, 5) is 11.0. The number of nitrogens with zero attached hydrogens (tertiary/aromatic N) is 3. The Morgan fingerprint density at radius 2 is 1.95 bits per heavy atom. The van der Waals surface area contributed by atoms with Crippen molar-refractivity contribution in [2.24, 2.45) is 0 Å². The first-order valence-electron chi connectivity index (χ1n) is 6.40. The molecule has 0 saturated carbocycles. The highest BCUT2D eigenvalue weighted by molar-refractivity contribution is 6.30. The maximum absolute atomic E-state index is 11.0. The number of carbonyl (C=O) groups is 1. The number of benzene rings is 2. The molecule has 0 aliphatic carbocycles. The Kier molecular flexibility index (Phi) is 3.35. The Morgan fingerprint density at radius 3 is 2.62 bits per heavy atom. The van der Waals surface area contributed by atoms with Gasteiger partial charge in [0.1, 0.15) is 5.52 Å². The third-order valence-electron chi connectivity index (χ3n) is 3.44. The minimum Gasteiger partial charge on any atom is -0.478 e. The second-order valence-corrected chi connectivity index (χ2v) is 5.21. The molecule has 1 heterocycles. The molecule has 0 saturated heterocycles. The molecule has 0 fully saturated rings. The monoisotopic (exact) mass is 301 g/mol. The number of carboxylic acids is 1. The van der Waals surface area contributed by atoms with E-state index in [0.717, 1.165) is 11.1 Å². The fraction of sp³-hybridized carbons (Fsp3) is 0.133. The molecule has 0 radical (unpaired) electrons. The summed E-state index contributed by atoms with van der Waals surface area (Å²) in [7, 11) is 0. The van der Waals surface area contributed by atoms with Crippen molar-refractivity contribution in [1.29, 1.82) is 0 Å². The van der Waals surface area contributed by atoms with Gasteiger partial charge < -0.3 is 5.11 Å². The first kappa shape index (κ1) is 13.6. The van der Waals surface area contributed by atoms with Crippen LogP contribution in [-0.2, 0) is 0 Å². The van der Waals surface area contributed by atoms with Gasteiger partial charge in [0.25, 0.3) is 0 Å². The summed E-state index contributed by atoms with van der Waals surface area (Å²) in [5.41, 5.74) is 2.61. The highest BCUT2D eigenvalue weighted by atomic mass is 35.5. The first-order valence-corrected chi connectivity index (χ1v) is 6.78. The lowest BCUT2D eigenvalue weighted by atomic mass is 10.1. The van der Waals surface area contributed by atoms with Crippen LogP contribution in [0.5, 0.6) is 0 Å². The topological polar surface area (TPSA) is 68.0 Å². The smallest absolute Gasteiger partial charge is 0.335 e. The Hall–Kier alpha value is -2.40. The van der Waals surface area contributed by atoms with Crippen molar-refractivity contribution in [2.75, 3.05) is 0 Å². The van der Waals surface area contributed by atoms with Crippen LogP contribution in [-0.4, -0.2) is 26.1 Å². The molecule has 0 aliphatic rings. The van der Waals surface area contributed by atoms with Gasteiger partial charge in [0.15, 0.2) is 0 Å². The van der Waals surface area contributed by atoms with Crippen LogP contribution in [0.2, 0.25) is 5.02 Å². The molecule has 6 heteroatoms. The van der Waals surface area contributed by atoms with Gasteiger partial charge >= 0.3 is 5.97 Å². The van der Waals surface area contributed by atoms with E-state index in [1.165, 1.54) is 6.07 Å². The first-order chi connectivity index (χ1) is 10.1. The summed E-state index contributed by atoms with van der Waals surface area (Å²) >= 11 is 5.89. The quantitative estimate of drug-likeness (QED) is 0.805. The van der Waals surface area contributed by atoms with E-state index in [-0.39, 0.29) is 11.6 Å². The van der Waals surface area contributed by atoms with Crippen molar-refractivity contribution in [3.8, 4) is 0 Å². The average molecular weight is 302 g/mol. The molecule has 1 aromatic heterocycles. The van der Waals surface area contributed by atoms with Crippen molar-refractivity contribution in [3.63, 3.8) is 0 Å². The molecule has 0 bridgehead atoms. The molecule has 3 aromatic rings. The third-order valence-corrected chi connectivity index (χ3v) is 3.69. The largest absolute Gasteiger partial charge is 0.478 e. The van der Waals surface area contributed by atoms with Gasteiger partial charge in [-0.25, -0.2) is 9.48 Å². The summed E-state index contributed by atoms with van der Waals surface area (Å²) in [6.07, 6.45) is 0. The van der Waals surface area contributed by atoms with Gasteiger partial charge in [-0.2, -0.15) is 0 Å². The fourth-order valence-corrected chi connectivity index (χ4v) is 2.37. The normalized spacial score (nSPS) is 12.5. The van der Waals surface area contributed by atoms with Gasteiger partial charge in [-0.05, 0) is 42.8 Å². The van der Waals surface area contributed by atoms with Crippen LogP contribution in [0.1, 0.15) is 28.9 Å². The summed E-state index contributed by atoms with van der Waals surface area (Å²) in [5, 5.41) is 17.9. The zero-order valence-corrected chi connectivity index (χ0v) is 11.9. The summed E-state index contributed by atoms with van der Waals surface area (Å²) in [6.45, 7) is 2.00. The number of rotatable bonds is 3. The minimum absolute atomic E-state index is 0.0251. The lowest BCUT2D eigenvalue weighted by Gasteiger charge is -2.13. The number of fused-ring (bicyclic) bond motifs is 1. The Morgan fingerprint density at radius 1 is 1.24 bits per heavy atom. The van der Waals surface area contributed by atoms with Gasteiger partial charge in [0.05, 0.1) is 17.1 Å². The van der Waals surface area contributed by atoms with Crippen molar-refractivity contribution >= 4 is 28.6 Å². The van der Waals surface area contributed by atoms with E-state index in [0.29, 0.717) is 10.5 Å².